The predicted molar refractivity (Wildman–Crippen MR) is 94.8 cm³/mol. The van der Waals surface area contributed by atoms with Gasteiger partial charge in [0.15, 0.2) is 5.16 Å². The minimum absolute atomic E-state index is 0.0484. The van der Waals surface area contributed by atoms with Gasteiger partial charge >= 0.3 is 0 Å². The molecule has 1 aromatic carbocycles. The van der Waals surface area contributed by atoms with Crippen molar-refractivity contribution in [3.8, 4) is 0 Å². The maximum absolute atomic E-state index is 12.4. The van der Waals surface area contributed by atoms with Crippen LogP contribution in [0.3, 0.4) is 0 Å². The van der Waals surface area contributed by atoms with E-state index in [1.165, 1.54) is 17.3 Å². The smallest absolute Gasteiger partial charge is 0.237 e. The minimum atomic E-state index is -0.275. The van der Waals surface area contributed by atoms with E-state index in [2.05, 4.69) is 28.2 Å². The van der Waals surface area contributed by atoms with Gasteiger partial charge < -0.3 is 9.88 Å². The molecule has 1 unspecified atom stereocenters. The Morgan fingerprint density at radius 1 is 1.39 bits per heavy atom. The second kappa shape index (κ2) is 7.46. The summed E-state index contributed by atoms with van der Waals surface area (Å²) in [5.41, 5.74) is 3.08. The highest BCUT2D eigenvalue weighted by atomic mass is 32.2. The van der Waals surface area contributed by atoms with Crippen molar-refractivity contribution in [3.63, 3.8) is 0 Å². The third-order valence-corrected chi connectivity index (χ3v) is 4.59. The molecule has 0 radical (unpaired) electrons. The molecule has 1 heterocycles. The van der Waals surface area contributed by atoms with E-state index in [0.29, 0.717) is 6.54 Å². The Bertz CT molecular complexity index is 723. The van der Waals surface area contributed by atoms with Gasteiger partial charge in [-0.15, -0.1) is 16.8 Å². The van der Waals surface area contributed by atoms with Crippen molar-refractivity contribution < 1.29 is 4.79 Å². The number of aromatic nitrogens is 3. The van der Waals surface area contributed by atoms with E-state index in [1.54, 1.807) is 6.08 Å². The molecule has 122 valence electrons. The molecule has 0 aliphatic heterocycles. The number of amides is 1. The molecule has 1 atom stereocenters. The molecule has 0 saturated heterocycles. The minimum Gasteiger partial charge on any atom is -0.325 e. The molecule has 0 spiro atoms. The summed E-state index contributed by atoms with van der Waals surface area (Å²) in [6, 6.07) is 5.98. The summed E-state index contributed by atoms with van der Waals surface area (Å²) >= 11 is 1.40. The van der Waals surface area contributed by atoms with Crippen molar-refractivity contribution in [2.24, 2.45) is 0 Å². The first-order valence-corrected chi connectivity index (χ1v) is 8.35. The number of allylic oxidation sites excluding steroid dienone is 1. The van der Waals surface area contributed by atoms with Crippen LogP contribution < -0.4 is 5.32 Å². The highest BCUT2D eigenvalue weighted by Gasteiger charge is 2.19. The van der Waals surface area contributed by atoms with Crippen molar-refractivity contribution in [3.05, 3.63) is 47.8 Å². The number of thioether (sulfide) groups is 1. The summed E-state index contributed by atoms with van der Waals surface area (Å²) in [5, 5.41) is 11.6. The van der Waals surface area contributed by atoms with Crippen LogP contribution in [0, 0.1) is 20.8 Å². The molecule has 1 aromatic heterocycles. The molecule has 2 rings (SSSR count). The Balaban J connectivity index is 2.07. The molecule has 1 N–H and O–H groups in total. The molecular formula is C17H22N4OS. The summed E-state index contributed by atoms with van der Waals surface area (Å²) in [6.45, 7) is 12.2. The largest absolute Gasteiger partial charge is 0.325 e. The number of rotatable bonds is 6. The fourth-order valence-corrected chi connectivity index (χ4v) is 3.09. The fourth-order valence-electron chi connectivity index (χ4n) is 2.19. The van der Waals surface area contributed by atoms with Gasteiger partial charge in [0, 0.05) is 12.2 Å². The van der Waals surface area contributed by atoms with Crippen LogP contribution >= 0.6 is 11.8 Å². The molecule has 0 bridgehead atoms. The molecule has 0 fully saturated rings. The summed E-state index contributed by atoms with van der Waals surface area (Å²) in [4.78, 5) is 12.4. The number of nitrogens with zero attached hydrogens (tertiary/aromatic N) is 3. The lowest BCUT2D eigenvalue weighted by Crippen LogP contribution is -2.23. The third kappa shape index (κ3) is 4.22. The Hall–Kier alpha value is -2.08. The van der Waals surface area contributed by atoms with Gasteiger partial charge in [-0.05, 0) is 39.3 Å². The SMILES string of the molecule is C=CCn1c(C)nnc1SC(C)C(=O)Nc1ccc(C)cc1C. The zero-order chi connectivity index (χ0) is 17.0. The molecule has 0 aliphatic rings. The quantitative estimate of drug-likeness (QED) is 0.650. The van der Waals surface area contributed by atoms with E-state index < -0.39 is 0 Å². The summed E-state index contributed by atoms with van der Waals surface area (Å²) < 4.78 is 1.94. The van der Waals surface area contributed by atoms with Crippen LogP contribution in [-0.4, -0.2) is 25.9 Å². The van der Waals surface area contributed by atoms with Crippen molar-refractivity contribution in [2.75, 3.05) is 5.32 Å². The molecular weight excluding hydrogens is 308 g/mol. The van der Waals surface area contributed by atoms with Crippen molar-refractivity contribution in [2.45, 2.75) is 44.6 Å². The fraction of sp³-hybridized carbons (Fsp3) is 0.353. The van der Waals surface area contributed by atoms with Crippen molar-refractivity contribution in [1.82, 2.24) is 14.8 Å². The summed E-state index contributed by atoms with van der Waals surface area (Å²) in [5.74, 6) is 0.766. The van der Waals surface area contributed by atoms with E-state index in [-0.39, 0.29) is 11.2 Å². The zero-order valence-corrected chi connectivity index (χ0v) is 14.8. The standard InChI is InChI=1S/C17H22N4OS/c1-6-9-21-14(5)19-20-17(21)23-13(4)16(22)18-15-8-7-11(2)10-12(15)3/h6-8,10,13H,1,9H2,2-5H3,(H,18,22). The Morgan fingerprint density at radius 2 is 2.13 bits per heavy atom. The topological polar surface area (TPSA) is 59.8 Å². The first-order valence-electron chi connectivity index (χ1n) is 7.48. The first kappa shape index (κ1) is 17.3. The third-order valence-electron chi connectivity index (χ3n) is 3.50. The van der Waals surface area contributed by atoms with Crippen molar-refractivity contribution in [1.29, 1.82) is 0 Å². The van der Waals surface area contributed by atoms with Crippen LogP contribution in [0.25, 0.3) is 0 Å². The van der Waals surface area contributed by atoms with Gasteiger partial charge in [0.2, 0.25) is 5.91 Å². The maximum atomic E-state index is 12.4. The Labute approximate surface area is 141 Å². The summed E-state index contributed by atoms with van der Waals surface area (Å²) in [7, 11) is 0. The molecule has 1 amide bonds. The van der Waals surface area contributed by atoms with Crippen LogP contribution in [0.2, 0.25) is 0 Å². The van der Waals surface area contributed by atoms with E-state index >= 15 is 0 Å². The van der Waals surface area contributed by atoms with E-state index in [4.69, 9.17) is 0 Å². The number of hydrogen-bond acceptors (Lipinski definition) is 4. The summed E-state index contributed by atoms with van der Waals surface area (Å²) in [6.07, 6.45) is 1.79. The van der Waals surface area contributed by atoms with Crippen LogP contribution in [0.15, 0.2) is 36.0 Å². The molecule has 23 heavy (non-hydrogen) atoms. The number of nitrogens with one attached hydrogen (secondary N) is 1. The molecule has 5 nitrogen and oxygen atoms in total. The van der Waals surface area contributed by atoms with Crippen molar-refractivity contribution >= 4 is 23.4 Å². The van der Waals surface area contributed by atoms with Crippen LogP contribution in [-0.2, 0) is 11.3 Å². The molecule has 0 aliphatic carbocycles. The normalized spacial score (nSPS) is 12.0. The van der Waals surface area contributed by atoms with Crippen LogP contribution in [0.5, 0.6) is 0 Å². The lowest BCUT2D eigenvalue weighted by molar-refractivity contribution is -0.115. The number of carbonyl (C=O) groups is 1. The maximum Gasteiger partial charge on any atom is 0.237 e. The molecule has 0 saturated carbocycles. The van der Waals surface area contributed by atoms with Crippen LogP contribution in [0.1, 0.15) is 23.9 Å². The van der Waals surface area contributed by atoms with Gasteiger partial charge in [-0.3, -0.25) is 4.79 Å². The second-order valence-corrected chi connectivity index (χ2v) is 6.80. The van der Waals surface area contributed by atoms with Gasteiger partial charge in [0.1, 0.15) is 5.82 Å². The van der Waals surface area contributed by atoms with Gasteiger partial charge in [-0.1, -0.05) is 35.5 Å². The number of carbonyl (C=O) groups excluding carboxylic acids is 1. The van der Waals surface area contributed by atoms with E-state index in [9.17, 15) is 4.79 Å². The van der Waals surface area contributed by atoms with Gasteiger partial charge in [-0.2, -0.15) is 0 Å². The predicted octanol–water partition coefficient (Wildman–Crippen LogP) is 3.51. The first-order chi connectivity index (χ1) is 10.9. The number of aryl methyl sites for hydroxylation is 3. The lowest BCUT2D eigenvalue weighted by Gasteiger charge is -2.14. The molecule has 6 heteroatoms. The Morgan fingerprint density at radius 3 is 2.78 bits per heavy atom. The monoisotopic (exact) mass is 330 g/mol. The zero-order valence-electron chi connectivity index (χ0n) is 14.0. The Kier molecular flexibility index (Phi) is 5.60. The van der Waals surface area contributed by atoms with Crippen LogP contribution in [0.4, 0.5) is 5.69 Å². The lowest BCUT2D eigenvalue weighted by atomic mass is 10.1. The van der Waals surface area contributed by atoms with Gasteiger partial charge in [0.05, 0.1) is 5.25 Å². The van der Waals surface area contributed by atoms with Gasteiger partial charge in [0.25, 0.3) is 0 Å². The number of benzene rings is 1. The number of hydrogen-bond donors (Lipinski definition) is 1. The number of anilines is 1. The average Bonchev–Trinajstić information content (AvgIpc) is 2.83. The highest BCUT2D eigenvalue weighted by Crippen LogP contribution is 2.24. The highest BCUT2D eigenvalue weighted by molar-refractivity contribution is 8.00. The molecule has 2 aromatic rings. The van der Waals surface area contributed by atoms with Gasteiger partial charge in [-0.25, -0.2) is 0 Å². The van der Waals surface area contributed by atoms with E-state index in [0.717, 1.165) is 22.2 Å². The average molecular weight is 330 g/mol. The second-order valence-electron chi connectivity index (χ2n) is 5.50. The van der Waals surface area contributed by atoms with E-state index in [1.807, 2.05) is 44.4 Å².